The van der Waals surface area contributed by atoms with Crippen molar-refractivity contribution in [3.8, 4) is 11.5 Å². The molecule has 0 bridgehead atoms. The molecule has 2 aromatic rings. The molecule has 86 valence electrons. The number of rotatable bonds is 1. The highest BCUT2D eigenvalue weighted by Gasteiger charge is 2.21. The monoisotopic (exact) mass is 228 g/mol. The van der Waals surface area contributed by atoms with Crippen molar-refractivity contribution in [2.24, 2.45) is 0 Å². The smallest absolute Gasteiger partial charge is 0.178 e. The summed E-state index contributed by atoms with van der Waals surface area (Å²) in [7, 11) is 0. The number of hydrogen-bond donors (Lipinski definition) is 2. The normalized spacial score (nSPS) is 12.9. The first-order chi connectivity index (χ1) is 8.25. The zero-order valence-electron chi connectivity index (χ0n) is 9.13. The van der Waals surface area contributed by atoms with Crippen LogP contribution in [0.5, 0.6) is 11.5 Å². The van der Waals surface area contributed by atoms with E-state index in [1.54, 1.807) is 12.1 Å². The second kappa shape index (κ2) is 3.87. The molecule has 0 saturated heterocycles. The van der Waals surface area contributed by atoms with Gasteiger partial charge in [0, 0.05) is 17.5 Å². The number of para-hydroxylation sites is 1. The lowest BCUT2D eigenvalue weighted by molar-refractivity contribution is -0.0432. The van der Waals surface area contributed by atoms with Gasteiger partial charge in [-0.25, -0.2) is 0 Å². The average Bonchev–Trinajstić information content (AvgIpc) is 2.35. The first-order valence-electron chi connectivity index (χ1n) is 5.49. The third-order valence-electron chi connectivity index (χ3n) is 3.01. The average molecular weight is 228 g/mol. The lowest BCUT2D eigenvalue weighted by Crippen LogP contribution is -2.08. The van der Waals surface area contributed by atoms with E-state index in [4.69, 9.17) is 4.74 Å². The second-order valence-corrected chi connectivity index (χ2v) is 4.08. The van der Waals surface area contributed by atoms with Gasteiger partial charge in [0.15, 0.2) is 6.29 Å². The molecule has 0 radical (unpaired) electrons. The van der Waals surface area contributed by atoms with E-state index >= 15 is 0 Å². The van der Waals surface area contributed by atoms with Crippen LogP contribution in [-0.2, 0) is 6.42 Å². The largest absolute Gasteiger partial charge is 0.457 e. The molecule has 3 heteroatoms. The first-order valence-corrected chi connectivity index (χ1v) is 5.49. The topological polar surface area (TPSA) is 49.7 Å². The predicted molar refractivity (Wildman–Crippen MR) is 62.9 cm³/mol. The van der Waals surface area contributed by atoms with E-state index in [0.29, 0.717) is 17.7 Å². The summed E-state index contributed by atoms with van der Waals surface area (Å²) in [6, 6.07) is 13.1. The van der Waals surface area contributed by atoms with Crippen molar-refractivity contribution in [2.45, 2.75) is 12.7 Å². The number of aliphatic hydroxyl groups excluding tert-OH is 1. The van der Waals surface area contributed by atoms with Crippen LogP contribution in [0, 0.1) is 0 Å². The van der Waals surface area contributed by atoms with Crippen molar-refractivity contribution in [1.29, 1.82) is 0 Å². The molecule has 0 fully saturated rings. The minimum absolute atomic E-state index is 0.511. The molecule has 3 rings (SSSR count). The molecule has 0 amide bonds. The minimum Gasteiger partial charge on any atom is -0.457 e. The van der Waals surface area contributed by atoms with Crippen LogP contribution in [0.2, 0.25) is 0 Å². The van der Waals surface area contributed by atoms with Crippen LogP contribution >= 0.6 is 0 Å². The second-order valence-electron chi connectivity index (χ2n) is 4.08. The van der Waals surface area contributed by atoms with Crippen molar-refractivity contribution in [2.75, 3.05) is 0 Å². The van der Waals surface area contributed by atoms with Crippen LogP contribution in [0.15, 0.2) is 42.5 Å². The Morgan fingerprint density at radius 3 is 2.53 bits per heavy atom. The van der Waals surface area contributed by atoms with Crippen molar-refractivity contribution in [1.82, 2.24) is 0 Å². The van der Waals surface area contributed by atoms with Crippen LogP contribution in [0.4, 0.5) is 0 Å². The molecule has 1 aliphatic heterocycles. The van der Waals surface area contributed by atoms with Gasteiger partial charge in [0.2, 0.25) is 0 Å². The Morgan fingerprint density at radius 1 is 0.941 bits per heavy atom. The molecule has 1 aliphatic rings. The summed E-state index contributed by atoms with van der Waals surface area (Å²) in [6.45, 7) is 0. The van der Waals surface area contributed by atoms with Crippen molar-refractivity contribution >= 4 is 0 Å². The standard InChI is InChI=1S/C14H12O3/c15-14(16)10-5-3-7-13-11(10)8-9-4-1-2-6-12(9)17-13/h1-7,14-16H,8H2. The fourth-order valence-corrected chi connectivity index (χ4v) is 2.17. The van der Waals surface area contributed by atoms with Gasteiger partial charge in [-0.2, -0.15) is 0 Å². The van der Waals surface area contributed by atoms with Crippen molar-refractivity contribution in [3.05, 3.63) is 59.2 Å². The van der Waals surface area contributed by atoms with Crippen LogP contribution in [0.25, 0.3) is 0 Å². The van der Waals surface area contributed by atoms with E-state index < -0.39 is 6.29 Å². The quantitative estimate of drug-likeness (QED) is 0.629. The Bertz CT molecular complexity index is 561. The summed E-state index contributed by atoms with van der Waals surface area (Å²) < 4.78 is 5.75. The maximum Gasteiger partial charge on any atom is 0.178 e. The van der Waals surface area contributed by atoms with Crippen LogP contribution in [0.3, 0.4) is 0 Å². The SMILES string of the molecule is OC(O)c1cccc2c1Cc1ccccc1O2. The fraction of sp³-hybridized carbons (Fsp3) is 0.143. The van der Waals surface area contributed by atoms with Crippen LogP contribution < -0.4 is 4.74 Å². The highest BCUT2D eigenvalue weighted by Crippen LogP contribution is 2.38. The minimum atomic E-state index is -1.46. The summed E-state index contributed by atoms with van der Waals surface area (Å²) in [6.07, 6.45) is -0.793. The molecular formula is C14H12O3. The van der Waals surface area contributed by atoms with E-state index in [0.717, 1.165) is 16.9 Å². The number of ether oxygens (including phenoxy) is 1. The molecule has 0 unspecified atom stereocenters. The van der Waals surface area contributed by atoms with E-state index in [1.165, 1.54) is 0 Å². The van der Waals surface area contributed by atoms with E-state index in [9.17, 15) is 10.2 Å². The lowest BCUT2D eigenvalue weighted by Gasteiger charge is -2.22. The summed E-state index contributed by atoms with van der Waals surface area (Å²) in [5.41, 5.74) is 2.42. The van der Waals surface area contributed by atoms with Gasteiger partial charge in [-0.15, -0.1) is 0 Å². The highest BCUT2D eigenvalue weighted by atomic mass is 16.5. The fourth-order valence-electron chi connectivity index (χ4n) is 2.17. The Hall–Kier alpha value is -1.84. The van der Waals surface area contributed by atoms with Gasteiger partial charge in [0.1, 0.15) is 11.5 Å². The molecule has 0 atom stereocenters. The molecule has 0 spiro atoms. The highest BCUT2D eigenvalue weighted by molar-refractivity contribution is 5.52. The Balaban J connectivity index is 2.12. The molecule has 0 aromatic heterocycles. The number of benzene rings is 2. The maximum atomic E-state index is 9.33. The summed E-state index contributed by atoms with van der Waals surface area (Å²) in [5.74, 6) is 1.54. The predicted octanol–water partition coefficient (Wildman–Crippen LogP) is 2.37. The van der Waals surface area contributed by atoms with Gasteiger partial charge < -0.3 is 14.9 Å². The van der Waals surface area contributed by atoms with Gasteiger partial charge in [-0.3, -0.25) is 0 Å². The molecule has 17 heavy (non-hydrogen) atoms. The Labute approximate surface area is 98.9 Å². The van der Waals surface area contributed by atoms with E-state index in [-0.39, 0.29) is 0 Å². The number of hydrogen-bond acceptors (Lipinski definition) is 3. The van der Waals surface area contributed by atoms with Gasteiger partial charge in [-0.05, 0) is 17.7 Å². The van der Waals surface area contributed by atoms with E-state index in [1.807, 2.05) is 30.3 Å². The summed E-state index contributed by atoms with van der Waals surface area (Å²) >= 11 is 0. The lowest BCUT2D eigenvalue weighted by atomic mass is 9.95. The van der Waals surface area contributed by atoms with Crippen molar-refractivity contribution < 1.29 is 14.9 Å². The Kier molecular flexibility index (Phi) is 2.35. The molecule has 2 aromatic carbocycles. The zero-order valence-corrected chi connectivity index (χ0v) is 9.13. The van der Waals surface area contributed by atoms with Gasteiger partial charge in [0.05, 0.1) is 0 Å². The molecule has 1 heterocycles. The van der Waals surface area contributed by atoms with Gasteiger partial charge >= 0.3 is 0 Å². The molecule has 0 saturated carbocycles. The zero-order chi connectivity index (χ0) is 11.8. The van der Waals surface area contributed by atoms with Crippen LogP contribution in [0.1, 0.15) is 23.0 Å². The number of fused-ring (bicyclic) bond motifs is 2. The molecule has 2 N–H and O–H groups in total. The molecule has 0 aliphatic carbocycles. The summed E-state index contributed by atoms with van der Waals surface area (Å²) in [4.78, 5) is 0. The van der Waals surface area contributed by atoms with Gasteiger partial charge in [0.25, 0.3) is 0 Å². The van der Waals surface area contributed by atoms with Gasteiger partial charge in [-0.1, -0.05) is 30.3 Å². The maximum absolute atomic E-state index is 9.33. The molecular weight excluding hydrogens is 216 g/mol. The summed E-state index contributed by atoms with van der Waals surface area (Å²) in [5, 5.41) is 18.7. The third kappa shape index (κ3) is 1.69. The number of aliphatic hydroxyl groups is 2. The van der Waals surface area contributed by atoms with Crippen molar-refractivity contribution in [3.63, 3.8) is 0 Å². The van der Waals surface area contributed by atoms with E-state index in [2.05, 4.69) is 0 Å². The van der Waals surface area contributed by atoms with Crippen LogP contribution in [-0.4, -0.2) is 10.2 Å². The first kappa shape index (κ1) is 10.3. The third-order valence-corrected chi connectivity index (χ3v) is 3.01. The molecule has 3 nitrogen and oxygen atoms in total. The Morgan fingerprint density at radius 2 is 1.71 bits per heavy atom.